The summed E-state index contributed by atoms with van der Waals surface area (Å²) in [5.74, 6) is 0. The van der Waals surface area contributed by atoms with E-state index in [0.717, 1.165) is 0 Å². The second kappa shape index (κ2) is 4.87. The summed E-state index contributed by atoms with van der Waals surface area (Å²) in [5.41, 5.74) is 0. The van der Waals surface area contributed by atoms with E-state index in [9.17, 15) is 0 Å². The molecule has 0 aromatic carbocycles. The Bertz CT molecular complexity index is 9.61. The quantitative estimate of drug-likeness (QED) is 0.447. The summed E-state index contributed by atoms with van der Waals surface area (Å²) in [6.45, 7) is 1.70. The number of halogens is 3. The van der Waals surface area contributed by atoms with Gasteiger partial charge in [-0.15, -0.1) is 35.6 Å². The zero-order chi connectivity index (χ0) is 3.58. The van der Waals surface area contributed by atoms with Crippen molar-refractivity contribution in [2.75, 3.05) is 0 Å². The van der Waals surface area contributed by atoms with Gasteiger partial charge in [0.05, 0.1) is 0 Å². The van der Waals surface area contributed by atoms with E-state index in [-0.39, 0.29) is 17.2 Å². The molecule has 0 saturated heterocycles. The van der Waals surface area contributed by atoms with Gasteiger partial charge in [-0.05, 0) is 6.92 Å². The first-order chi connectivity index (χ1) is 1.73. The Labute approximate surface area is 47.9 Å². The van der Waals surface area contributed by atoms with Gasteiger partial charge in [-0.25, -0.2) is 0 Å². The average molecular weight is 135 g/mol. The molecular formula is C2H5Cl3. The molecule has 0 fully saturated rings. The maximum Gasteiger partial charge on any atom is 0.105 e. The summed E-state index contributed by atoms with van der Waals surface area (Å²) in [4.78, 5) is -0.222. The summed E-state index contributed by atoms with van der Waals surface area (Å²) in [7, 11) is 0. The van der Waals surface area contributed by atoms with Gasteiger partial charge >= 0.3 is 0 Å². The number of hydrogen-bond donors (Lipinski definition) is 0. The molecule has 0 rings (SSSR count). The van der Waals surface area contributed by atoms with Crippen molar-refractivity contribution in [1.82, 2.24) is 0 Å². The molecule has 0 aliphatic heterocycles. The monoisotopic (exact) mass is 134 g/mol. The number of hydrogen-bond acceptors (Lipinski definition) is 0. The van der Waals surface area contributed by atoms with Crippen molar-refractivity contribution < 1.29 is 0 Å². The van der Waals surface area contributed by atoms with Crippen LogP contribution in [0.4, 0.5) is 0 Å². The predicted molar refractivity (Wildman–Crippen MR) is 28.4 cm³/mol. The van der Waals surface area contributed by atoms with Crippen molar-refractivity contribution in [2.24, 2.45) is 0 Å². The Balaban J connectivity index is 0. The Morgan fingerprint density at radius 1 is 1.40 bits per heavy atom. The molecule has 34 valence electrons. The van der Waals surface area contributed by atoms with E-state index in [1.807, 2.05) is 0 Å². The van der Waals surface area contributed by atoms with E-state index in [1.54, 1.807) is 6.92 Å². The Morgan fingerprint density at radius 2 is 1.40 bits per heavy atom. The highest BCUT2D eigenvalue weighted by Gasteiger charge is 1.75. The lowest BCUT2D eigenvalue weighted by Gasteiger charge is -1.72. The van der Waals surface area contributed by atoms with Crippen molar-refractivity contribution in [3.05, 3.63) is 0 Å². The average Bonchev–Trinajstić information content (AvgIpc) is 0.811. The number of rotatable bonds is 0. The molecule has 0 N–H and O–H groups in total. The molecular weight excluding hydrogens is 130 g/mol. The minimum absolute atomic E-state index is 0. The molecule has 0 aliphatic rings. The Kier molecular flexibility index (Phi) is 9.05. The van der Waals surface area contributed by atoms with Gasteiger partial charge in [0.15, 0.2) is 0 Å². The molecule has 0 bridgehead atoms. The highest BCUT2D eigenvalue weighted by Crippen LogP contribution is 1.95. The van der Waals surface area contributed by atoms with Gasteiger partial charge in [0.25, 0.3) is 0 Å². The summed E-state index contributed by atoms with van der Waals surface area (Å²) in [5, 5.41) is 0. The van der Waals surface area contributed by atoms with Crippen molar-refractivity contribution in [3.63, 3.8) is 0 Å². The first-order valence-corrected chi connectivity index (χ1v) is 1.89. The first-order valence-electron chi connectivity index (χ1n) is 1.01. The van der Waals surface area contributed by atoms with Crippen LogP contribution in [0.3, 0.4) is 0 Å². The standard InChI is InChI=1S/C2H4Cl2.ClH/c1-2(3)4;/h2H,1H3;1H. The minimum atomic E-state index is -0.222. The smallest absolute Gasteiger partial charge is 0.105 e. The number of alkyl halides is 2. The molecule has 5 heavy (non-hydrogen) atoms. The van der Waals surface area contributed by atoms with Crippen LogP contribution in [0.2, 0.25) is 0 Å². The normalized spacial score (nSPS) is 7.20. The lowest BCUT2D eigenvalue weighted by atomic mass is 11.0. The molecule has 0 atom stereocenters. The Hall–Kier alpha value is 0.870. The highest BCUT2D eigenvalue weighted by molar-refractivity contribution is 6.43. The SMILES string of the molecule is CC(Cl)Cl.Cl. The third-order valence-electron chi connectivity index (χ3n) is 0. The van der Waals surface area contributed by atoms with Crippen LogP contribution >= 0.6 is 35.6 Å². The lowest BCUT2D eigenvalue weighted by molar-refractivity contribution is 1.39. The van der Waals surface area contributed by atoms with Crippen LogP contribution < -0.4 is 0 Å². The molecule has 0 radical (unpaired) electrons. The fraction of sp³-hybridized carbons (Fsp3) is 1.00. The van der Waals surface area contributed by atoms with Crippen molar-refractivity contribution >= 4 is 35.6 Å². The van der Waals surface area contributed by atoms with Crippen LogP contribution in [0.1, 0.15) is 6.92 Å². The largest absolute Gasteiger partial charge is 0.147 e. The molecule has 3 heteroatoms. The van der Waals surface area contributed by atoms with Gasteiger partial charge in [-0.2, -0.15) is 0 Å². The lowest BCUT2D eigenvalue weighted by Crippen LogP contribution is -1.63. The third kappa shape index (κ3) is 53.0. The van der Waals surface area contributed by atoms with E-state index >= 15 is 0 Å². The van der Waals surface area contributed by atoms with Crippen molar-refractivity contribution in [1.29, 1.82) is 0 Å². The van der Waals surface area contributed by atoms with Crippen LogP contribution in [0.15, 0.2) is 0 Å². The minimum Gasteiger partial charge on any atom is -0.147 e. The molecule has 0 aromatic heterocycles. The van der Waals surface area contributed by atoms with Crippen LogP contribution in [0.5, 0.6) is 0 Å². The third-order valence-corrected chi connectivity index (χ3v) is 0. The van der Waals surface area contributed by atoms with E-state index in [4.69, 9.17) is 23.2 Å². The fourth-order valence-corrected chi connectivity index (χ4v) is 0. The highest BCUT2D eigenvalue weighted by atomic mass is 35.5. The molecule has 0 amide bonds. The zero-order valence-electron chi connectivity index (χ0n) is 2.74. The van der Waals surface area contributed by atoms with E-state index < -0.39 is 0 Å². The molecule has 0 saturated carbocycles. The molecule has 0 aromatic rings. The maximum atomic E-state index is 5.04. The van der Waals surface area contributed by atoms with Gasteiger partial charge in [-0.3, -0.25) is 0 Å². The Morgan fingerprint density at radius 3 is 1.40 bits per heavy atom. The van der Waals surface area contributed by atoms with Gasteiger partial charge < -0.3 is 0 Å². The zero-order valence-corrected chi connectivity index (χ0v) is 5.07. The van der Waals surface area contributed by atoms with Gasteiger partial charge in [-0.1, -0.05) is 0 Å². The van der Waals surface area contributed by atoms with Gasteiger partial charge in [0, 0.05) is 0 Å². The summed E-state index contributed by atoms with van der Waals surface area (Å²) in [6, 6.07) is 0. The summed E-state index contributed by atoms with van der Waals surface area (Å²) in [6.07, 6.45) is 0. The summed E-state index contributed by atoms with van der Waals surface area (Å²) >= 11 is 10.1. The van der Waals surface area contributed by atoms with E-state index in [0.29, 0.717) is 0 Å². The predicted octanol–water partition coefficient (Wildman–Crippen LogP) is 2.23. The molecule has 0 aliphatic carbocycles. The summed E-state index contributed by atoms with van der Waals surface area (Å²) < 4.78 is 0. The topological polar surface area (TPSA) is 0 Å². The fourth-order valence-electron chi connectivity index (χ4n) is 0. The van der Waals surface area contributed by atoms with E-state index in [1.165, 1.54) is 0 Å². The van der Waals surface area contributed by atoms with Gasteiger partial charge in [0.2, 0.25) is 0 Å². The van der Waals surface area contributed by atoms with Crippen LogP contribution in [0, 0.1) is 0 Å². The second-order valence-electron chi connectivity index (χ2n) is 0.519. The van der Waals surface area contributed by atoms with E-state index in [2.05, 4.69) is 0 Å². The molecule has 0 spiro atoms. The van der Waals surface area contributed by atoms with Crippen LogP contribution in [-0.2, 0) is 0 Å². The molecule has 0 heterocycles. The van der Waals surface area contributed by atoms with Crippen LogP contribution in [0.25, 0.3) is 0 Å². The second-order valence-corrected chi connectivity index (χ2v) is 2.05. The maximum absolute atomic E-state index is 5.04. The van der Waals surface area contributed by atoms with Crippen LogP contribution in [-0.4, -0.2) is 4.84 Å². The molecule has 0 unspecified atom stereocenters. The van der Waals surface area contributed by atoms with Crippen molar-refractivity contribution in [3.8, 4) is 0 Å². The van der Waals surface area contributed by atoms with Gasteiger partial charge in [0.1, 0.15) is 4.84 Å². The molecule has 0 nitrogen and oxygen atoms in total. The first kappa shape index (κ1) is 9.30. The van der Waals surface area contributed by atoms with Crippen molar-refractivity contribution in [2.45, 2.75) is 11.8 Å².